The molecule has 0 saturated carbocycles. The molecule has 0 radical (unpaired) electrons. The lowest BCUT2D eigenvalue weighted by Crippen LogP contribution is -1.92. The minimum Gasteiger partial charge on any atom is -0.354 e. The molecule has 9 aromatic rings. The molecule has 3 heteroatoms. The number of aromatic amines is 1. The van der Waals surface area contributed by atoms with Crippen molar-refractivity contribution >= 4 is 44.3 Å². The molecule has 0 unspecified atom stereocenters. The molecule has 0 bridgehead atoms. The quantitative estimate of drug-likeness (QED) is 0.198. The maximum absolute atomic E-state index is 6.25. The minimum atomic E-state index is 0.731. The second kappa shape index (κ2) is 11.2. The molecule has 2 heterocycles. The molecule has 0 amide bonds. The van der Waals surface area contributed by atoms with Gasteiger partial charge in [-0.1, -0.05) is 115 Å². The number of nitrogens with zero attached hydrogens (tertiary/aromatic N) is 1. The number of aromatic nitrogens is 2. The van der Waals surface area contributed by atoms with Gasteiger partial charge in [-0.3, -0.25) is 0 Å². The van der Waals surface area contributed by atoms with Crippen LogP contribution in [-0.2, 0) is 0 Å². The van der Waals surface area contributed by atoms with Crippen molar-refractivity contribution in [3.05, 3.63) is 175 Å². The van der Waals surface area contributed by atoms with Crippen molar-refractivity contribution in [1.82, 2.24) is 9.55 Å². The average Bonchev–Trinajstić information content (AvgIpc) is 3.72. The van der Waals surface area contributed by atoms with Crippen LogP contribution in [0.4, 0.5) is 0 Å². The Morgan fingerprint density at radius 3 is 1.87 bits per heavy atom. The number of fused-ring (bicyclic) bond motifs is 4. The van der Waals surface area contributed by atoms with Crippen molar-refractivity contribution in [3.63, 3.8) is 0 Å². The van der Waals surface area contributed by atoms with Gasteiger partial charge in [0.2, 0.25) is 0 Å². The summed E-state index contributed by atoms with van der Waals surface area (Å²) >= 11 is 6.25. The molecule has 7 aromatic carbocycles. The Bertz CT molecular complexity index is 2560. The SMILES string of the molecule is Clc1ccc(-c2cc3c(-c4ccc5c(c4)c4ccccc4n5-c4ccccc4)cc(-c4cccc(-c5ccccc5)c4)cc3[nH]2)cc1. The van der Waals surface area contributed by atoms with E-state index in [1.807, 2.05) is 12.1 Å². The molecule has 1 N–H and O–H groups in total. The van der Waals surface area contributed by atoms with Gasteiger partial charge in [0.15, 0.2) is 0 Å². The van der Waals surface area contributed by atoms with Crippen LogP contribution in [0.5, 0.6) is 0 Å². The van der Waals surface area contributed by atoms with Gasteiger partial charge in [0.25, 0.3) is 0 Å². The van der Waals surface area contributed by atoms with E-state index >= 15 is 0 Å². The molecule has 2 aromatic heterocycles. The van der Waals surface area contributed by atoms with Crippen molar-refractivity contribution in [2.24, 2.45) is 0 Å². The van der Waals surface area contributed by atoms with Crippen molar-refractivity contribution in [3.8, 4) is 50.3 Å². The predicted molar refractivity (Wildman–Crippen MR) is 199 cm³/mol. The van der Waals surface area contributed by atoms with Crippen LogP contribution in [0, 0.1) is 0 Å². The molecular formula is C44H29ClN2. The third-order valence-corrected chi connectivity index (χ3v) is 9.45. The molecule has 9 rings (SSSR count). The summed E-state index contributed by atoms with van der Waals surface area (Å²) < 4.78 is 2.37. The van der Waals surface area contributed by atoms with E-state index in [0.717, 1.165) is 27.5 Å². The molecule has 222 valence electrons. The molecule has 2 nitrogen and oxygen atoms in total. The lowest BCUT2D eigenvalue weighted by Gasteiger charge is -2.11. The number of rotatable bonds is 5. The summed E-state index contributed by atoms with van der Waals surface area (Å²) in [6.07, 6.45) is 0. The maximum atomic E-state index is 6.25. The number of benzene rings is 7. The van der Waals surface area contributed by atoms with E-state index in [1.54, 1.807) is 0 Å². The highest BCUT2D eigenvalue weighted by Gasteiger charge is 2.16. The van der Waals surface area contributed by atoms with Crippen molar-refractivity contribution in [2.45, 2.75) is 0 Å². The number of H-pyrrole nitrogens is 1. The van der Waals surface area contributed by atoms with Crippen LogP contribution < -0.4 is 0 Å². The van der Waals surface area contributed by atoms with E-state index in [0.29, 0.717) is 0 Å². The number of hydrogen-bond donors (Lipinski definition) is 1. The van der Waals surface area contributed by atoms with E-state index in [9.17, 15) is 0 Å². The lowest BCUT2D eigenvalue weighted by atomic mass is 9.93. The number of hydrogen-bond acceptors (Lipinski definition) is 0. The Kier molecular flexibility index (Phi) is 6.55. The van der Waals surface area contributed by atoms with Crippen LogP contribution in [0.2, 0.25) is 5.02 Å². The smallest absolute Gasteiger partial charge is 0.0541 e. The Morgan fingerprint density at radius 1 is 0.404 bits per heavy atom. The lowest BCUT2D eigenvalue weighted by molar-refractivity contribution is 1.18. The largest absolute Gasteiger partial charge is 0.354 e. The highest BCUT2D eigenvalue weighted by Crippen LogP contribution is 2.40. The van der Waals surface area contributed by atoms with Gasteiger partial charge in [0.1, 0.15) is 0 Å². The zero-order valence-corrected chi connectivity index (χ0v) is 26.2. The van der Waals surface area contributed by atoms with E-state index in [4.69, 9.17) is 11.6 Å². The Balaban J connectivity index is 1.27. The van der Waals surface area contributed by atoms with Gasteiger partial charge in [-0.15, -0.1) is 0 Å². The van der Waals surface area contributed by atoms with E-state index in [1.165, 1.54) is 60.6 Å². The maximum Gasteiger partial charge on any atom is 0.0541 e. The second-order valence-corrected chi connectivity index (χ2v) is 12.5. The molecule has 47 heavy (non-hydrogen) atoms. The minimum absolute atomic E-state index is 0.731. The predicted octanol–water partition coefficient (Wildman–Crippen LogP) is 12.6. The Hall–Kier alpha value is -5.83. The summed E-state index contributed by atoms with van der Waals surface area (Å²) in [5, 5.41) is 4.39. The van der Waals surface area contributed by atoms with Crippen molar-refractivity contribution < 1.29 is 0 Å². The fourth-order valence-electron chi connectivity index (χ4n) is 6.93. The zero-order valence-electron chi connectivity index (χ0n) is 25.5. The fraction of sp³-hybridized carbons (Fsp3) is 0. The van der Waals surface area contributed by atoms with E-state index in [-0.39, 0.29) is 0 Å². The van der Waals surface area contributed by atoms with Crippen LogP contribution in [0.1, 0.15) is 0 Å². The highest BCUT2D eigenvalue weighted by atomic mass is 35.5. The summed E-state index contributed by atoms with van der Waals surface area (Å²) in [7, 11) is 0. The van der Waals surface area contributed by atoms with Crippen LogP contribution in [0.15, 0.2) is 170 Å². The third kappa shape index (κ3) is 4.82. The molecule has 0 aliphatic heterocycles. The van der Waals surface area contributed by atoms with Crippen LogP contribution >= 0.6 is 11.6 Å². The number of nitrogens with one attached hydrogen (secondary N) is 1. The number of para-hydroxylation sites is 2. The summed E-state index contributed by atoms with van der Waals surface area (Å²) in [5.74, 6) is 0. The van der Waals surface area contributed by atoms with Crippen LogP contribution in [-0.4, -0.2) is 9.55 Å². The van der Waals surface area contributed by atoms with Crippen LogP contribution in [0.25, 0.3) is 83.0 Å². The van der Waals surface area contributed by atoms with E-state index in [2.05, 4.69) is 167 Å². The molecule has 0 aliphatic carbocycles. The van der Waals surface area contributed by atoms with E-state index < -0.39 is 0 Å². The van der Waals surface area contributed by atoms with Gasteiger partial charge in [-0.2, -0.15) is 0 Å². The first kappa shape index (κ1) is 27.5. The summed E-state index contributed by atoms with van der Waals surface area (Å²) in [6.45, 7) is 0. The molecule has 0 atom stereocenters. The molecular weight excluding hydrogens is 592 g/mol. The van der Waals surface area contributed by atoms with Gasteiger partial charge in [0.05, 0.1) is 11.0 Å². The van der Waals surface area contributed by atoms with Gasteiger partial charge in [-0.05, 0) is 106 Å². The first-order chi connectivity index (χ1) is 23.2. The fourth-order valence-corrected chi connectivity index (χ4v) is 7.06. The van der Waals surface area contributed by atoms with Crippen molar-refractivity contribution in [1.29, 1.82) is 0 Å². The molecule has 0 spiro atoms. The normalized spacial score (nSPS) is 11.5. The monoisotopic (exact) mass is 620 g/mol. The molecule has 0 aliphatic rings. The second-order valence-electron chi connectivity index (χ2n) is 12.0. The summed E-state index contributed by atoms with van der Waals surface area (Å²) in [4.78, 5) is 3.74. The first-order valence-electron chi connectivity index (χ1n) is 15.9. The third-order valence-electron chi connectivity index (χ3n) is 9.19. The first-order valence-corrected chi connectivity index (χ1v) is 16.2. The average molecular weight is 621 g/mol. The highest BCUT2D eigenvalue weighted by molar-refractivity contribution is 6.30. The zero-order chi connectivity index (χ0) is 31.3. The Morgan fingerprint density at radius 2 is 1.06 bits per heavy atom. The topological polar surface area (TPSA) is 20.7 Å². The Labute approximate surface area is 278 Å². The van der Waals surface area contributed by atoms with Crippen LogP contribution in [0.3, 0.4) is 0 Å². The standard InChI is InChI=1S/C44H29ClN2/c45-35-21-18-30(19-22-35)41-28-39-38(26-34(27-42(39)46-41)32-13-9-12-31(24-32)29-10-3-1-4-11-29)33-20-23-44-40(25-33)37-16-7-8-17-43(37)47(44)36-14-5-2-6-15-36/h1-28,46H. The van der Waals surface area contributed by atoms with Crippen molar-refractivity contribution in [2.75, 3.05) is 0 Å². The van der Waals surface area contributed by atoms with Gasteiger partial charge in [0, 0.05) is 38.1 Å². The summed E-state index contributed by atoms with van der Waals surface area (Å²) in [5.41, 5.74) is 14.0. The van der Waals surface area contributed by atoms with Gasteiger partial charge < -0.3 is 9.55 Å². The summed E-state index contributed by atoms with van der Waals surface area (Å²) in [6, 6.07) is 60.6. The molecule has 0 fully saturated rings. The molecule has 0 saturated heterocycles. The number of halogens is 1. The van der Waals surface area contributed by atoms with Gasteiger partial charge >= 0.3 is 0 Å². The van der Waals surface area contributed by atoms with Gasteiger partial charge in [-0.25, -0.2) is 0 Å².